The molecule has 0 aromatic heterocycles. The van der Waals surface area contributed by atoms with Crippen LogP contribution in [0.25, 0.3) is 0 Å². The summed E-state index contributed by atoms with van der Waals surface area (Å²) in [5.41, 5.74) is 0. The van der Waals surface area contributed by atoms with Crippen LogP contribution >= 0.6 is 0 Å². The Morgan fingerprint density at radius 3 is 2.31 bits per heavy atom. The third-order valence-corrected chi connectivity index (χ3v) is 1.44. The smallest absolute Gasteiger partial charge is 0.303 e. The van der Waals surface area contributed by atoms with E-state index in [2.05, 4.69) is 5.32 Å². The number of carboxylic acid groups (broad SMARTS) is 1. The predicted octanol–water partition coefficient (Wildman–Crippen LogP) is 0.387. The molecule has 0 atom stereocenters. The van der Waals surface area contributed by atoms with Gasteiger partial charge in [-0.2, -0.15) is 0 Å². The van der Waals surface area contributed by atoms with Crippen molar-refractivity contribution in [1.82, 2.24) is 5.32 Å². The van der Waals surface area contributed by atoms with Crippen LogP contribution in [-0.4, -0.2) is 53.1 Å². The fourth-order valence-corrected chi connectivity index (χ4v) is 0.842. The fraction of sp³-hybridized carbons (Fsp3) is 0.750. The fourth-order valence-electron chi connectivity index (χ4n) is 0.842. The van der Waals surface area contributed by atoms with Gasteiger partial charge in [-0.15, -0.1) is 0 Å². The number of hydrogen-bond donors (Lipinski definition) is 2. The quantitative estimate of drug-likeness (QED) is 0.477. The number of hydrogen-bond acceptors (Lipinski definition) is 2. The number of carbonyl (C=O) groups is 2. The number of aliphatic carboxylic acids is 1. The summed E-state index contributed by atoms with van der Waals surface area (Å²) in [5, 5.41) is 10.9. The van der Waals surface area contributed by atoms with E-state index in [0.717, 1.165) is 12.8 Å². The standard InChI is InChI=1S/C8H15NO3.Na/c1-7(10)9-6-4-2-3-5-8(11)12;/h2-6H2,1H3,(H,9,10)(H,11,12);. The summed E-state index contributed by atoms with van der Waals surface area (Å²) in [6.07, 6.45) is 2.62. The van der Waals surface area contributed by atoms with E-state index in [4.69, 9.17) is 5.11 Å². The molecule has 0 aliphatic heterocycles. The second kappa shape index (κ2) is 10.0. The van der Waals surface area contributed by atoms with Gasteiger partial charge in [0.25, 0.3) is 0 Å². The molecule has 0 aliphatic carbocycles. The van der Waals surface area contributed by atoms with E-state index in [9.17, 15) is 9.59 Å². The predicted molar refractivity (Wildman–Crippen MR) is 50.5 cm³/mol. The Labute approximate surface area is 100 Å². The molecule has 0 rings (SSSR count). The van der Waals surface area contributed by atoms with Crippen molar-refractivity contribution in [3.05, 3.63) is 0 Å². The molecule has 1 radical (unpaired) electrons. The summed E-state index contributed by atoms with van der Waals surface area (Å²) in [7, 11) is 0. The van der Waals surface area contributed by atoms with Gasteiger partial charge in [-0.25, -0.2) is 0 Å². The van der Waals surface area contributed by atoms with Crippen molar-refractivity contribution in [3.63, 3.8) is 0 Å². The topological polar surface area (TPSA) is 66.4 Å². The molecule has 13 heavy (non-hydrogen) atoms. The van der Waals surface area contributed by atoms with Crippen LogP contribution in [0, 0.1) is 0 Å². The average Bonchev–Trinajstić information content (AvgIpc) is 1.95. The molecule has 0 heterocycles. The molecule has 0 saturated heterocycles. The Morgan fingerprint density at radius 1 is 1.23 bits per heavy atom. The van der Waals surface area contributed by atoms with Gasteiger partial charge in [-0.3, -0.25) is 9.59 Å². The first-order valence-electron chi connectivity index (χ1n) is 4.09. The van der Waals surface area contributed by atoms with Crippen molar-refractivity contribution in [2.45, 2.75) is 32.6 Å². The number of nitrogens with one attached hydrogen (secondary N) is 1. The van der Waals surface area contributed by atoms with Crippen molar-refractivity contribution in [2.75, 3.05) is 6.54 Å². The molecule has 2 N–H and O–H groups in total. The molecule has 0 fully saturated rings. The van der Waals surface area contributed by atoms with Crippen LogP contribution in [0.2, 0.25) is 0 Å². The molecule has 0 aromatic rings. The monoisotopic (exact) mass is 196 g/mol. The van der Waals surface area contributed by atoms with E-state index < -0.39 is 5.97 Å². The van der Waals surface area contributed by atoms with Crippen LogP contribution in [0.4, 0.5) is 0 Å². The van der Waals surface area contributed by atoms with Crippen molar-refractivity contribution < 1.29 is 14.7 Å². The maximum atomic E-state index is 10.4. The molecule has 0 bridgehead atoms. The molecule has 0 saturated carbocycles. The zero-order valence-electron chi connectivity index (χ0n) is 8.30. The maximum Gasteiger partial charge on any atom is 0.303 e. The van der Waals surface area contributed by atoms with E-state index >= 15 is 0 Å². The Bertz CT molecular complexity index is 143. The second-order valence-corrected chi connectivity index (χ2v) is 2.69. The van der Waals surface area contributed by atoms with Crippen LogP contribution in [0.5, 0.6) is 0 Å². The molecule has 71 valence electrons. The largest absolute Gasteiger partial charge is 0.481 e. The maximum absolute atomic E-state index is 10.4. The minimum absolute atomic E-state index is 0. The van der Waals surface area contributed by atoms with Crippen LogP contribution in [0.3, 0.4) is 0 Å². The molecule has 0 aromatic carbocycles. The van der Waals surface area contributed by atoms with Gasteiger partial charge >= 0.3 is 5.97 Å². The number of unbranched alkanes of at least 4 members (excludes halogenated alkanes) is 2. The Hall–Kier alpha value is -0.0600. The van der Waals surface area contributed by atoms with Crippen LogP contribution < -0.4 is 5.32 Å². The summed E-state index contributed by atoms with van der Waals surface area (Å²) >= 11 is 0. The van der Waals surface area contributed by atoms with Crippen LogP contribution in [-0.2, 0) is 9.59 Å². The third-order valence-electron chi connectivity index (χ3n) is 1.44. The van der Waals surface area contributed by atoms with Gasteiger partial charge in [0, 0.05) is 49.4 Å². The number of carboxylic acids is 1. The van der Waals surface area contributed by atoms with Crippen molar-refractivity contribution >= 4 is 41.4 Å². The van der Waals surface area contributed by atoms with Crippen LogP contribution in [0.1, 0.15) is 32.6 Å². The molecule has 4 nitrogen and oxygen atoms in total. The second-order valence-electron chi connectivity index (χ2n) is 2.69. The first-order chi connectivity index (χ1) is 5.63. The molecule has 1 amide bonds. The zero-order valence-corrected chi connectivity index (χ0v) is 10.3. The van der Waals surface area contributed by atoms with Gasteiger partial charge < -0.3 is 10.4 Å². The van der Waals surface area contributed by atoms with Gasteiger partial charge in [0.1, 0.15) is 0 Å². The normalized spacial score (nSPS) is 8.69. The van der Waals surface area contributed by atoms with E-state index in [-0.39, 0.29) is 41.9 Å². The molecule has 0 spiro atoms. The van der Waals surface area contributed by atoms with Crippen molar-refractivity contribution in [3.8, 4) is 0 Å². The number of rotatable bonds is 6. The Morgan fingerprint density at radius 2 is 1.85 bits per heavy atom. The van der Waals surface area contributed by atoms with E-state index in [1.54, 1.807) is 0 Å². The van der Waals surface area contributed by atoms with E-state index in [1.807, 2.05) is 0 Å². The first kappa shape index (κ1) is 15.4. The minimum atomic E-state index is -0.755. The number of carbonyl (C=O) groups excluding carboxylic acids is 1. The Balaban J connectivity index is 0. The first-order valence-corrected chi connectivity index (χ1v) is 4.09. The summed E-state index contributed by atoms with van der Waals surface area (Å²) < 4.78 is 0. The SMILES string of the molecule is CC(=O)NCCCCCC(=O)O.[Na]. The Kier molecular flexibility index (Phi) is 11.9. The van der Waals surface area contributed by atoms with E-state index in [0.29, 0.717) is 13.0 Å². The molecular formula is C8H15NNaO3. The molecule has 0 aliphatic rings. The molecule has 5 heteroatoms. The number of amides is 1. The van der Waals surface area contributed by atoms with Gasteiger partial charge in [0.2, 0.25) is 5.91 Å². The van der Waals surface area contributed by atoms with Gasteiger partial charge in [0.05, 0.1) is 0 Å². The summed E-state index contributed by atoms with van der Waals surface area (Å²) in [6, 6.07) is 0. The summed E-state index contributed by atoms with van der Waals surface area (Å²) in [5.74, 6) is -0.789. The minimum Gasteiger partial charge on any atom is -0.481 e. The average molecular weight is 196 g/mol. The molecular weight excluding hydrogens is 181 g/mol. The van der Waals surface area contributed by atoms with Gasteiger partial charge in [0.15, 0.2) is 0 Å². The van der Waals surface area contributed by atoms with Crippen LogP contribution in [0.15, 0.2) is 0 Å². The van der Waals surface area contributed by atoms with Crippen molar-refractivity contribution in [1.29, 1.82) is 0 Å². The third kappa shape index (κ3) is 14.8. The van der Waals surface area contributed by atoms with E-state index in [1.165, 1.54) is 6.92 Å². The van der Waals surface area contributed by atoms with Gasteiger partial charge in [-0.1, -0.05) is 6.42 Å². The van der Waals surface area contributed by atoms with Gasteiger partial charge in [-0.05, 0) is 12.8 Å². The summed E-state index contributed by atoms with van der Waals surface area (Å²) in [6.45, 7) is 2.12. The zero-order chi connectivity index (χ0) is 9.40. The summed E-state index contributed by atoms with van der Waals surface area (Å²) in [4.78, 5) is 20.4. The molecule has 0 unspecified atom stereocenters. The van der Waals surface area contributed by atoms with Crippen molar-refractivity contribution in [2.24, 2.45) is 0 Å².